The summed E-state index contributed by atoms with van der Waals surface area (Å²) in [5.74, 6) is -0.873. The fourth-order valence-corrected chi connectivity index (χ4v) is 9.17. The Morgan fingerprint density at radius 3 is 0.838 bits per heavy atom. The summed E-state index contributed by atoms with van der Waals surface area (Å²) < 4.78 is 16.9. The molecule has 74 heavy (non-hydrogen) atoms. The molecular formula is C68H120O6. The van der Waals surface area contributed by atoms with Crippen LogP contribution >= 0.6 is 0 Å². The zero-order valence-electron chi connectivity index (χ0n) is 49.1. The van der Waals surface area contributed by atoms with Gasteiger partial charge >= 0.3 is 17.9 Å². The fraction of sp³-hybridized carbons (Fsp3) is 0.779. The van der Waals surface area contributed by atoms with E-state index in [1.807, 2.05) is 0 Å². The lowest BCUT2D eigenvalue weighted by molar-refractivity contribution is -0.167. The van der Waals surface area contributed by atoms with Crippen LogP contribution in [0.25, 0.3) is 0 Å². The van der Waals surface area contributed by atoms with Crippen molar-refractivity contribution in [2.45, 2.75) is 329 Å². The van der Waals surface area contributed by atoms with Gasteiger partial charge in [0.1, 0.15) is 13.2 Å². The Bertz CT molecular complexity index is 1370. The molecule has 0 saturated carbocycles. The lowest BCUT2D eigenvalue weighted by atomic mass is 10.0. The van der Waals surface area contributed by atoms with Crippen molar-refractivity contribution in [1.29, 1.82) is 0 Å². The quantitative estimate of drug-likeness (QED) is 0.0261. The molecule has 0 heterocycles. The molecule has 0 amide bonds. The number of esters is 3. The summed E-state index contributed by atoms with van der Waals surface area (Å²) >= 11 is 0. The highest BCUT2D eigenvalue weighted by atomic mass is 16.6. The molecule has 0 spiro atoms. The van der Waals surface area contributed by atoms with Crippen LogP contribution in [0.1, 0.15) is 323 Å². The van der Waals surface area contributed by atoms with Crippen molar-refractivity contribution in [1.82, 2.24) is 0 Å². The molecule has 6 nitrogen and oxygen atoms in total. The Labute approximate surface area is 459 Å². The van der Waals surface area contributed by atoms with Crippen LogP contribution in [0.4, 0.5) is 0 Å². The summed E-state index contributed by atoms with van der Waals surface area (Å²) in [6.45, 7) is 6.53. The number of unbranched alkanes of at least 4 members (excludes halogenated alkanes) is 35. The molecular weight excluding hydrogens is 913 g/mol. The molecule has 428 valence electrons. The molecule has 0 aromatic heterocycles. The summed E-state index contributed by atoms with van der Waals surface area (Å²) in [6, 6.07) is 0. The smallest absolute Gasteiger partial charge is 0.306 e. The molecule has 0 radical (unpaired) electrons. The van der Waals surface area contributed by atoms with Gasteiger partial charge in [-0.05, 0) is 89.9 Å². The summed E-state index contributed by atoms with van der Waals surface area (Å²) in [7, 11) is 0. The van der Waals surface area contributed by atoms with Crippen LogP contribution in [0.3, 0.4) is 0 Å². The molecule has 1 atom stereocenters. The molecule has 1 unspecified atom stereocenters. The molecule has 0 aliphatic rings. The first-order valence-electron chi connectivity index (χ1n) is 31.9. The first kappa shape index (κ1) is 70.8. The molecule has 0 aromatic carbocycles. The van der Waals surface area contributed by atoms with Gasteiger partial charge in [-0.15, -0.1) is 0 Å². The van der Waals surface area contributed by atoms with Crippen molar-refractivity contribution in [3.05, 3.63) is 72.9 Å². The Balaban J connectivity index is 4.18. The molecule has 0 aromatic rings. The Kier molecular flexibility index (Phi) is 59.7. The van der Waals surface area contributed by atoms with Gasteiger partial charge in [-0.25, -0.2) is 0 Å². The molecule has 0 rings (SSSR count). The molecule has 0 aliphatic carbocycles. The molecule has 0 fully saturated rings. The monoisotopic (exact) mass is 1030 g/mol. The zero-order valence-corrected chi connectivity index (χ0v) is 49.1. The predicted molar refractivity (Wildman–Crippen MR) is 321 cm³/mol. The van der Waals surface area contributed by atoms with Gasteiger partial charge in [-0.3, -0.25) is 14.4 Å². The lowest BCUT2D eigenvalue weighted by Crippen LogP contribution is -2.30. The minimum Gasteiger partial charge on any atom is -0.462 e. The summed E-state index contributed by atoms with van der Waals surface area (Å²) in [5, 5.41) is 0. The zero-order chi connectivity index (χ0) is 53.6. The van der Waals surface area contributed by atoms with Gasteiger partial charge in [0.25, 0.3) is 0 Å². The highest BCUT2D eigenvalue weighted by Gasteiger charge is 2.19. The van der Waals surface area contributed by atoms with Gasteiger partial charge in [0, 0.05) is 19.3 Å². The normalized spacial score (nSPS) is 12.5. The van der Waals surface area contributed by atoms with Gasteiger partial charge in [0.15, 0.2) is 6.10 Å². The summed E-state index contributed by atoms with van der Waals surface area (Å²) in [4.78, 5) is 38.1. The molecule has 0 saturated heterocycles. The van der Waals surface area contributed by atoms with E-state index in [9.17, 15) is 14.4 Å². The van der Waals surface area contributed by atoms with Crippen LogP contribution in [0.5, 0.6) is 0 Å². The van der Waals surface area contributed by atoms with E-state index in [0.717, 1.165) is 96.3 Å². The van der Waals surface area contributed by atoms with E-state index in [1.54, 1.807) is 0 Å². The minimum atomic E-state index is -0.776. The maximum absolute atomic E-state index is 12.9. The van der Waals surface area contributed by atoms with Gasteiger partial charge in [-0.2, -0.15) is 0 Å². The van der Waals surface area contributed by atoms with Gasteiger partial charge in [-0.1, -0.05) is 286 Å². The second kappa shape index (κ2) is 62.4. The standard InChI is InChI=1S/C68H120O6/c1-4-7-10-13-16-19-21-23-25-27-29-31-33-34-36-37-39-41-43-45-47-49-52-55-58-61-67(70)73-64-65(63-72-66(69)60-57-54-51-18-15-12-9-6-3)74-68(71)62-59-56-53-50-48-46-44-42-40-38-35-32-30-28-26-24-22-20-17-14-11-8-5-2/h7,10,16,19,23,25,28-31,34,36,65H,4-6,8-9,11-15,17-18,20-22,24,26-27,32-33,35,37-64H2,1-3H3/b10-7-,19-16-,25-23-,30-28-,31-29-,36-34-. The van der Waals surface area contributed by atoms with Gasteiger partial charge in [0.05, 0.1) is 0 Å². The van der Waals surface area contributed by atoms with Crippen molar-refractivity contribution in [2.75, 3.05) is 13.2 Å². The van der Waals surface area contributed by atoms with E-state index < -0.39 is 6.10 Å². The van der Waals surface area contributed by atoms with E-state index in [4.69, 9.17) is 14.2 Å². The first-order valence-corrected chi connectivity index (χ1v) is 31.9. The lowest BCUT2D eigenvalue weighted by Gasteiger charge is -2.18. The van der Waals surface area contributed by atoms with Crippen molar-refractivity contribution in [3.8, 4) is 0 Å². The summed E-state index contributed by atoms with van der Waals surface area (Å²) in [6.07, 6.45) is 80.7. The number of allylic oxidation sites excluding steroid dienone is 12. The largest absolute Gasteiger partial charge is 0.462 e. The van der Waals surface area contributed by atoms with E-state index in [0.29, 0.717) is 19.3 Å². The Morgan fingerprint density at radius 1 is 0.284 bits per heavy atom. The SMILES string of the molecule is CC/C=C\C/C=C\C/C=C\C/C=C\C/C=C\CCCCCCCCCCCC(=O)OCC(COC(=O)CCCCCCCCCC)OC(=O)CCCCCCCCCCCCC/C=C\CCCCCCCCCC. The second-order valence-electron chi connectivity index (χ2n) is 21.3. The highest BCUT2D eigenvalue weighted by Crippen LogP contribution is 2.17. The first-order chi connectivity index (χ1) is 36.5. The third kappa shape index (κ3) is 59.7. The van der Waals surface area contributed by atoms with E-state index in [-0.39, 0.29) is 31.1 Å². The number of ether oxygens (including phenoxy) is 3. The van der Waals surface area contributed by atoms with Crippen molar-refractivity contribution in [3.63, 3.8) is 0 Å². The maximum Gasteiger partial charge on any atom is 0.306 e. The van der Waals surface area contributed by atoms with Crippen LogP contribution in [-0.4, -0.2) is 37.2 Å². The fourth-order valence-electron chi connectivity index (χ4n) is 9.17. The number of carbonyl (C=O) groups excluding carboxylic acids is 3. The van der Waals surface area contributed by atoms with Crippen LogP contribution in [-0.2, 0) is 28.6 Å². The van der Waals surface area contributed by atoms with Gasteiger partial charge in [0.2, 0.25) is 0 Å². The third-order valence-electron chi connectivity index (χ3n) is 13.9. The minimum absolute atomic E-state index is 0.0747. The highest BCUT2D eigenvalue weighted by molar-refractivity contribution is 5.71. The number of carbonyl (C=O) groups is 3. The number of hydrogen-bond acceptors (Lipinski definition) is 6. The number of hydrogen-bond donors (Lipinski definition) is 0. The topological polar surface area (TPSA) is 78.9 Å². The average Bonchev–Trinajstić information content (AvgIpc) is 3.40. The molecule has 6 heteroatoms. The Hall–Kier alpha value is -3.15. The second-order valence-corrected chi connectivity index (χ2v) is 21.3. The van der Waals surface area contributed by atoms with E-state index in [2.05, 4.69) is 93.7 Å². The molecule has 0 aliphatic heterocycles. The summed E-state index contributed by atoms with van der Waals surface area (Å²) in [5.41, 5.74) is 0. The third-order valence-corrected chi connectivity index (χ3v) is 13.9. The predicted octanol–water partition coefficient (Wildman–Crippen LogP) is 21.7. The van der Waals surface area contributed by atoms with Crippen molar-refractivity contribution in [2.24, 2.45) is 0 Å². The molecule has 0 bridgehead atoms. The number of rotatable bonds is 58. The van der Waals surface area contributed by atoms with Crippen LogP contribution in [0.2, 0.25) is 0 Å². The van der Waals surface area contributed by atoms with Crippen LogP contribution in [0.15, 0.2) is 72.9 Å². The Morgan fingerprint density at radius 2 is 0.527 bits per heavy atom. The van der Waals surface area contributed by atoms with Gasteiger partial charge < -0.3 is 14.2 Å². The van der Waals surface area contributed by atoms with Crippen molar-refractivity contribution < 1.29 is 28.6 Å². The molecule has 0 N–H and O–H groups in total. The van der Waals surface area contributed by atoms with Crippen LogP contribution < -0.4 is 0 Å². The van der Waals surface area contributed by atoms with E-state index in [1.165, 1.54) is 186 Å². The van der Waals surface area contributed by atoms with Crippen molar-refractivity contribution >= 4 is 17.9 Å². The average molecular weight is 1030 g/mol. The van der Waals surface area contributed by atoms with Crippen LogP contribution in [0, 0.1) is 0 Å². The maximum atomic E-state index is 12.9. The van der Waals surface area contributed by atoms with E-state index >= 15 is 0 Å².